The van der Waals surface area contributed by atoms with E-state index in [0.29, 0.717) is 19.2 Å². The molecular weight excluding hydrogens is 228 g/mol. The van der Waals surface area contributed by atoms with E-state index in [0.717, 1.165) is 18.5 Å². The van der Waals surface area contributed by atoms with E-state index in [1.807, 2.05) is 30.1 Å². The molecule has 0 bridgehead atoms. The average molecular weight is 252 g/mol. The summed E-state index contributed by atoms with van der Waals surface area (Å²) in [5.74, 6) is 0.173. The molecule has 1 atom stereocenters. The quantitative estimate of drug-likeness (QED) is 0.663. The van der Waals surface area contributed by atoms with Crippen LogP contribution in [0.3, 0.4) is 0 Å². The molecule has 0 amide bonds. The van der Waals surface area contributed by atoms with E-state index in [9.17, 15) is 4.79 Å². The Morgan fingerprint density at radius 3 is 2.78 bits per heavy atom. The van der Waals surface area contributed by atoms with E-state index >= 15 is 0 Å². The molecule has 1 aromatic rings. The lowest BCUT2D eigenvalue weighted by molar-refractivity contribution is 0.0834. The Kier molecular flexibility index (Phi) is 6.09. The highest BCUT2D eigenvalue weighted by Gasteiger charge is 2.17. The van der Waals surface area contributed by atoms with Gasteiger partial charge in [0.05, 0.1) is 13.2 Å². The van der Waals surface area contributed by atoms with Gasteiger partial charge in [-0.3, -0.25) is 9.69 Å². The normalized spacial score (nSPS) is 12.9. The molecule has 0 aliphatic heterocycles. The van der Waals surface area contributed by atoms with Gasteiger partial charge in [-0.25, -0.2) is 0 Å². The SMILES string of the molecule is CCC(C)N(CCOC)CC(=O)c1ccn(C)c1. The zero-order valence-corrected chi connectivity index (χ0v) is 11.8. The van der Waals surface area contributed by atoms with Gasteiger partial charge in [0.2, 0.25) is 0 Å². The molecule has 0 radical (unpaired) electrons. The maximum absolute atomic E-state index is 12.2. The fourth-order valence-corrected chi connectivity index (χ4v) is 1.87. The first-order valence-corrected chi connectivity index (χ1v) is 6.46. The molecule has 1 rings (SSSR count). The van der Waals surface area contributed by atoms with Crippen LogP contribution in [0.1, 0.15) is 30.6 Å². The van der Waals surface area contributed by atoms with Crippen molar-refractivity contribution in [2.45, 2.75) is 26.3 Å². The van der Waals surface area contributed by atoms with Crippen LogP contribution >= 0.6 is 0 Å². The van der Waals surface area contributed by atoms with E-state index in [1.54, 1.807) is 7.11 Å². The van der Waals surface area contributed by atoms with Gasteiger partial charge in [0.1, 0.15) is 0 Å². The molecule has 1 heterocycles. The predicted molar refractivity (Wildman–Crippen MR) is 72.9 cm³/mol. The summed E-state index contributed by atoms with van der Waals surface area (Å²) in [6.45, 7) is 6.20. The summed E-state index contributed by atoms with van der Waals surface area (Å²) in [5.41, 5.74) is 0.781. The van der Waals surface area contributed by atoms with Crippen molar-refractivity contribution in [2.24, 2.45) is 7.05 Å². The summed E-state index contributed by atoms with van der Waals surface area (Å²) in [6.07, 6.45) is 4.80. The number of aromatic nitrogens is 1. The Balaban J connectivity index is 2.61. The third-order valence-corrected chi connectivity index (χ3v) is 3.30. The minimum atomic E-state index is 0.173. The number of methoxy groups -OCH3 is 1. The number of hydrogen-bond donors (Lipinski definition) is 0. The molecular formula is C14H24N2O2. The van der Waals surface area contributed by atoms with Crippen LogP contribution in [0.4, 0.5) is 0 Å². The molecule has 0 aliphatic rings. The Hall–Kier alpha value is -1.13. The van der Waals surface area contributed by atoms with Gasteiger partial charge >= 0.3 is 0 Å². The summed E-state index contributed by atoms with van der Waals surface area (Å²) < 4.78 is 7.00. The van der Waals surface area contributed by atoms with E-state index in [1.165, 1.54) is 0 Å². The van der Waals surface area contributed by atoms with Gasteiger partial charge in [0, 0.05) is 44.7 Å². The zero-order valence-electron chi connectivity index (χ0n) is 11.8. The van der Waals surface area contributed by atoms with Crippen LogP contribution in [0, 0.1) is 0 Å². The molecule has 18 heavy (non-hydrogen) atoms. The molecule has 0 aliphatic carbocycles. The highest BCUT2D eigenvalue weighted by molar-refractivity contribution is 5.97. The van der Waals surface area contributed by atoms with Gasteiger partial charge in [0.25, 0.3) is 0 Å². The lowest BCUT2D eigenvalue weighted by atomic mass is 10.1. The van der Waals surface area contributed by atoms with Crippen molar-refractivity contribution >= 4 is 5.78 Å². The zero-order chi connectivity index (χ0) is 13.5. The number of Topliss-reactive ketones (excluding diaryl/α,β-unsaturated/α-hetero) is 1. The summed E-state index contributed by atoms with van der Waals surface area (Å²) in [5, 5.41) is 0. The van der Waals surface area contributed by atoms with Gasteiger partial charge in [-0.2, -0.15) is 0 Å². The molecule has 0 N–H and O–H groups in total. The molecule has 1 unspecified atom stereocenters. The largest absolute Gasteiger partial charge is 0.383 e. The first-order chi connectivity index (χ1) is 8.58. The predicted octanol–water partition coefficient (Wildman–Crippen LogP) is 1.95. The van der Waals surface area contributed by atoms with Crippen molar-refractivity contribution < 1.29 is 9.53 Å². The van der Waals surface area contributed by atoms with Crippen molar-refractivity contribution in [3.05, 3.63) is 24.0 Å². The number of ketones is 1. The maximum atomic E-state index is 12.2. The second-order valence-electron chi connectivity index (χ2n) is 4.71. The van der Waals surface area contributed by atoms with E-state index in [-0.39, 0.29) is 5.78 Å². The number of hydrogen-bond acceptors (Lipinski definition) is 3. The van der Waals surface area contributed by atoms with Crippen molar-refractivity contribution in [2.75, 3.05) is 26.8 Å². The topological polar surface area (TPSA) is 34.5 Å². The fourth-order valence-electron chi connectivity index (χ4n) is 1.87. The minimum Gasteiger partial charge on any atom is -0.383 e. The van der Waals surface area contributed by atoms with Gasteiger partial charge < -0.3 is 9.30 Å². The number of aryl methyl sites for hydroxylation is 1. The number of carbonyl (C=O) groups is 1. The Bertz CT molecular complexity index is 374. The highest BCUT2D eigenvalue weighted by atomic mass is 16.5. The number of nitrogens with zero attached hydrogens (tertiary/aromatic N) is 2. The van der Waals surface area contributed by atoms with Crippen LogP contribution in [-0.4, -0.2) is 48.1 Å². The van der Waals surface area contributed by atoms with Crippen LogP contribution in [0.2, 0.25) is 0 Å². The van der Waals surface area contributed by atoms with Crippen molar-refractivity contribution in [3.8, 4) is 0 Å². The lowest BCUT2D eigenvalue weighted by Gasteiger charge is -2.27. The second kappa shape index (κ2) is 7.34. The summed E-state index contributed by atoms with van der Waals surface area (Å²) >= 11 is 0. The highest BCUT2D eigenvalue weighted by Crippen LogP contribution is 2.07. The molecule has 0 fully saturated rings. The van der Waals surface area contributed by atoms with Gasteiger partial charge in [-0.05, 0) is 19.4 Å². The minimum absolute atomic E-state index is 0.173. The van der Waals surface area contributed by atoms with E-state index in [4.69, 9.17) is 4.74 Å². The number of ether oxygens (including phenoxy) is 1. The van der Waals surface area contributed by atoms with Gasteiger partial charge in [-0.1, -0.05) is 6.92 Å². The maximum Gasteiger partial charge on any atom is 0.178 e. The van der Waals surface area contributed by atoms with Crippen LogP contribution < -0.4 is 0 Å². The van der Waals surface area contributed by atoms with Crippen LogP contribution in [0.15, 0.2) is 18.5 Å². The first kappa shape index (κ1) is 14.9. The number of rotatable bonds is 8. The Morgan fingerprint density at radius 2 is 2.28 bits per heavy atom. The standard InChI is InChI=1S/C14H24N2O2/c1-5-12(2)16(8-9-18-4)11-14(17)13-6-7-15(3)10-13/h6-7,10,12H,5,8-9,11H2,1-4H3. The molecule has 0 saturated heterocycles. The van der Waals surface area contributed by atoms with Crippen LogP contribution in [0.5, 0.6) is 0 Å². The van der Waals surface area contributed by atoms with Crippen molar-refractivity contribution in [1.29, 1.82) is 0 Å². The van der Waals surface area contributed by atoms with E-state index in [2.05, 4.69) is 18.7 Å². The second-order valence-corrected chi connectivity index (χ2v) is 4.71. The first-order valence-electron chi connectivity index (χ1n) is 6.46. The Morgan fingerprint density at radius 1 is 1.56 bits per heavy atom. The van der Waals surface area contributed by atoms with Gasteiger partial charge in [0.15, 0.2) is 5.78 Å². The molecule has 0 aromatic carbocycles. The third-order valence-electron chi connectivity index (χ3n) is 3.30. The molecule has 0 spiro atoms. The van der Waals surface area contributed by atoms with E-state index < -0.39 is 0 Å². The molecule has 1 aromatic heterocycles. The fraction of sp³-hybridized carbons (Fsp3) is 0.643. The van der Waals surface area contributed by atoms with Crippen molar-refractivity contribution in [3.63, 3.8) is 0 Å². The van der Waals surface area contributed by atoms with Crippen molar-refractivity contribution in [1.82, 2.24) is 9.47 Å². The summed E-state index contributed by atoms with van der Waals surface area (Å²) in [7, 11) is 3.61. The average Bonchev–Trinajstić information content (AvgIpc) is 2.80. The molecule has 0 saturated carbocycles. The Labute approximate surface area is 110 Å². The molecule has 102 valence electrons. The smallest absolute Gasteiger partial charge is 0.178 e. The van der Waals surface area contributed by atoms with Gasteiger partial charge in [-0.15, -0.1) is 0 Å². The van der Waals surface area contributed by atoms with Crippen LogP contribution in [-0.2, 0) is 11.8 Å². The molecule has 4 nitrogen and oxygen atoms in total. The van der Waals surface area contributed by atoms with Crippen LogP contribution in [0.25, 0.3) is 0 Å². The monoisotopic (exact) mass is 252 g/mol. The lowest BCUT2D eigenvalue weighted by Crippen LogP contribution is -2.39. The summed E-state index contributed by atoms with van der Waals surface area (Å²) in [6, 6.07) is 2.26. The third kappa shape index (κ3) is 4.27. The number of carbonyl (C=O) groups excluding carboxylic acids is 1. The molecule has 4 heteroatoms. The summed E-state index contributed by atoms with van der Waals surface area (Å²) in [4.78, 5) is 14.3.